The van der Waals surface area contributed by atoms with Crippen molar-refractivity contribution in [2.45, 2.75) is 64.1 Å². The third-order valence-electron chi connectivity index (χ3n) is 6.90. The van der Waals surface area contributed by atoms with Gasteiger partial charge in [-0.1, -0.05) is 59.6 Å². The molecule has 0 aliphatic rings. The van der Waals surface area contributed by atoms with Gasteiger partial charge in [0, 0.05) is 17.1 Å². The zero-order valence-corrected chi connectivity index (χ0v) is 26.5. The highest BCUT2D eigenvalue weighted by molar-refractivity contribution is 9.10. The van der Waals surface area contributed by atoms with Crippen LogP contribution in [0.4, 0.5) is 5.69 Å². The maximum atomic E-state index is 14.1. The van der Waals surface area contributed by atoms with Gasteiger partial charge in [0.15, 0.2) is 0 Å². The molecule has 0 unspecified atom stereocenters. The number of hydrogen-bond donors (Lipinski definition) is 1. The third-order valence-corrected chi connectivity index (χ3v) is 9.22. The molecule has 2 atom stereocenters. The van der Waals surface area contributed by atoms with E-state index < -0.39 is 28.5 Å². The second-order valence-electron chi connectivity index (χ2n) is 9.91. The van der Waals surface area contributed by atoms with Crippen LogP contribution in [0, 0.1) is 6.92 Å². The molecule has 3 aromatic carbocycles. The lowest BCUT2D eigenvalue weighted by Crippen LogP contribution is -2.53. The molecule has 8 nitrogen and oxygen atoms in total. The van der Waals surface area contributed by atoms with E-state index in [9.17, 15) is 18.0 Å². The summed E-state index contributed by atoms with van der Waals surface area (Å²) in [6, 6.07) is 19.6. The first-order valence-corrected chi connectivity index (χ1v) is 15.8. The Kier molecular flexibility index (Phi) is 11.4. The molecule has 0 bridgehead atoms. The zero-order chi connectivity index (χ0) is 30.2. The number of carbonyl (C=O) groups excluding carboxylic acids is 2. The number of nitrogens with zero attached hydrogens (tertiary/aromatic N) is 2. The van der Waals surface area contributed by atoms with Crippen LogP contribution in [0.3, 0.4) is 0 Å². The van der Waals surface area contributed by atoms with Crippen LogP contribution < -0.4 is 14.4 Å². The van der Waals surface area contributed by atoms with Crippen molar-refractivity contribution >= 4 is 43.5 Å². The molecule has 0 aliphatic heterocycles. The van der Waals surface area contributed by atoms with Crippen molar-refractivity contribution in [2.24, 2.45) is 0 Å². The summed E-state index contributed by atoms with van der Waals surface area (Å²) >= 11 is 3.39. The summed E-state index contributed by atoms with van der Waals surface area (Å²) in [6.07, 6.45) is 1.09. The third kappa shape index (κ3) is 8.33. The maximum absolute atomic E-state index is 14.1. The molecule has 220 valence electrons. The van der Waals surface area contributed by atoms with Crippen LogP contribution in [-0.4, -0.2) is 50.9 Å². The van der Waals surface area contributed by atoms with E-state index >= 15 is 0 Å². The van der Waals surface area contributed by atoms with Gasteiger partial charge in [0.25, 0.3) is 10.0 Å². The normalized spacial score (nSPS) is 12.7. The topological polar surface area (TPSA) is 96.0 Å². The molecule has 1 N–H and O–H groups in total. The smallest absolute Gasteiger partial charge is 0.264 e. The van der Waals surface area contributed by atoms with Crippen molar-refractivity contribution in [1.29, 1.82) is 0 Å². The minimum absolute atomic E-state index is 0.0714. The SMILES string of the molecule is CC[C@@H](C)NC(=O)[C@H](CC)N(Cc1ccc(OC)cc1)C(=O)CN(c1ccc(Br)cc1)S(=O)(=O)c1ccc(C)cc1. The van der Waals surface area contributed by atoms with Gasteiger partial charge in [-0.05, 0) is 80.8 Å². The predicted molar refractivity (Wildman–Crippen MR) is 165 cm³/mol. The molecule has 0 aromatic heterocycles. The van der Waals surface area contributed by atoms with Gasteiger partial charge in [0.05, 0.1) is 17.7 Å². The van der Waals surface area contributed by atoms with Crippen LogP contribution >= 0.6 is 15.9 Å². The predicted octanol–water partition coefficient (Wildman–Crippen LogP) is 5.68. The molecule has 0 aliphatic carbocycles. The minimum Gasteiger partial charge on any atom is -0.497 e. The number of methoxy groups -OCH3 is 1. The Balaban J connectivity index is 2.05. The van der Waals surface area contributed by atoms with Gasteiger partial charge in [0.2, 0.25) is 11.8 Å². The molecule has 0 heterocycles. The van der Waals surface area contributed by atoms with Gasteiger partial charge in [-0.3, -0.25) is 13.9 Å². The Morgan fingerprint density at radius 3 is 2.07 bits per heavy atom. The molecule has 0 radical (unpaired) electrons. The Labute approximate surface area is 251 Å². The second-order valence-corrected chi connectivity index (χ2v) is 12.7. The number of aryl methyl sites for hydroxylation is 1. The minimum atomic E-state index is -4.12. The Bertz CT molecular complexity index is 1410. The Hall–Kier alpha value is -3.37. The van der Waals surface area contributed by atoms with Gasteiger partial charge in [-0.25, -0.2) is 8.42 Å². The van der Waals surface area contributed by atoms with Crippen molar-refractivity contribution in [3.63, 3.8) is 0 Å². The average molecular weight is 645 g/mol. The van der Waals surface area contributed by atoms with Gasteiger partial charge >= 0.3 is 0 Å². The van der Waals surface area contributed by atoms with E-state index in [1.807, 2.05) is 39.8 Å². The molecule has 0 fully saturated rings. The first kappa shape index (κ1) is 32.1. The van der Waals surface area contributed by atoms with Crippen LogP contribution in [-0.2, 0) is 26.2 Å². The molecule has 2 amide bonds. The zero-order valence-electron chi connectivity index (χ0n) is 24.1. The number of nitrogens with one attached hydrogen (secondary N) is 1. The number of carbonyl (C=O) groups is 2. The molecule has 10 heteroatoms. The summed E-state index contributed by atoms with van der Waals surface area (Å²) in [7, 11) is -2.54. The summed E-state index contributed by atoms with van der Waals surface area (Å²) in [5.74, 6) is -0.107. The van der Waals surface area contributed by atoms with Gasteiger partial charge < -0.3 is 15.0 Å². The molecule has 0 spiro atoms. The first-order valence-electron chi connectivity index (χ1n) is 13.6. The van der Waals surface area contributed by atoms with Gasteiger partial charge in [-0.15, -0.1) is 0 Å². The molecular formula is C31H38BrN3O5S. The summed E-state index contributed by atoms with van der Waals surface area (Å²) in [5.41, 5.74) is 2.04. The number of benzene rings is 3. The lowest BCUT2D eigenvalue weighted by atomic mass is 10.1. The molecule has 0 saturated carbocycles. The Morgan fingerprint density at radius 1 is 0.927 bits per heavy atom. The van der Waals surface area contributed by atoms with Crippen molar-refractivity contribution in [2.75, 3.05) is 18.0 Å². The van der Waals surface area contributed by atoms with Crippen molar-refractivity contribution in [3.8, 4) is 5.75 Å². The fourth-order valence-corrected chi connectivity index (χ4v) is 5.94. The van der Waals surface area contributed by atoms with E-state index in [1.165, 1.54) is 17.0 Å². The summed E-state index contributed by atoms with van der Waals surface area (Å²) in [5, 5.41) is 2.98. The van der Waals surface area contributed by atoms with Crippen LogP contribution in [0.2, 0.25) is 0 Å². The second kappa shape index (κ2) is 14.5. The lowest BCUT2D eigenvalue weighted by Gasteiger charge is -2.33. The average Bonchev–Trinajstić information content (AvgIpc) is 2.96. The highest BCUT2D eigenvalue weighted by Gasteiger charge is 2.34. The number of anilines is 1. The molecule has 41 heavy (non-hydrogen) atoms. The maximum Gasteiger partial charge on any atom is 0.264 e. The summed E-state index contributed by atoms with van der Waals surface area (Å²) < 4.78 is 35.0. The number of ether oxygens (including phenoxy) is 1. The molecular weight excluding hydrogens is 606 g/mol. The quantitative estimate of drug-likeness (QED) is 0.258. The van der Waals surface area contributed by atoms with Crippen molar-refractivity contribution in [3.05, 3.63) is 88.4 Å². The number of rotatable bonds is 13. The largest absolute Gasteiger partial charge is 0.497 e. The van der Waals surface area contributed by atoms with E-state index in [0.29, 0.717) is 17.9 Å². The van der Waals surface area contributed by atoms with Crippen LogP contribution in [0.15, 0.2) is 82.2 Å². The van der Waals surface area contributed by atoms with Crippen molar-refractivity contribution < 1.29 is 22.7 Å². The highest BCUT2D eigenvalue weighted by Crippen LogP contribution is 2.27. The van der Waals surface area contributed by atoms with E-state index in [-0.39, 0.29) is 23.4 Å². The number of amides is 2. The first-order chi connectivity index (χ1) is 19.5. The van der Waals surface area contributed by atoms with Crippen LogP contribution in [0.5, 0.6) is 5.75 Å². The fourth-order valence-electron chi connectivity index (χ4n) is 4.26. The van der Waals surface area contributed by atoms with Crippen LogP contribution in [0.1, 0.15) is 44.7 Å². The van der Waals surface area contributed by atoms with Crippen LogP contribution in [0.25, 0.3) is 0 Å². The van der Waals surface area contributed by atoms with Crippen molar-refractivity contribution in [1.82, 2.24) is 10.2 Å². The number of sulfonamides is 1. The highest BCUT2D eigenvalue weighted by atomic mass is 79.9. The Morgan fingerprint density at radius 2 is 1.54 bits per heavy atom. The van der Waals surface area contributed by atoms with Gasteiger partial charge in [-0.2, -0.15) is 0 Å². The standard InChI is InChI=1S/C31H38BrN3O5S/c1-6-23(4)33-31(37)29(7-2)34(20-24-10-16-27(40-5)17-11-24)30(36)21-35(26-14-12-25(32)13-15-26)41(38,39)28-18-8-22(3)9-19-28/h8-19,23,29H,6-7,20-21H2,1-5H3,(H,33,37)/t23-,29+/m1/s1. The molecule has 0 saturated heterocycles. The monoisotopic (exact) mass is 643 g/mol. The molecule has 3 rings (SSSR count). The number of hydrogen-bond acceptors (Lipinski definition) is 5. The number of halogens is 1. The van der Waals surface area contributed by atoms with E-state index in [2.05, 4.69) is 21.2 Å². The lowest BCUT2D eigenvalue weighted by molar-refractivity contribution is -0.140. The van der Waals surface area contributed by atoms with E-state index in [0.717, 1.165) is 26.3 Å². The summed E-state index contributed by atoms with van der Waals surface area (Å²) in [4.78, 5) is 29.0. The van der Waals surface area contributed by atoms with Gasteiger partial charge in [0.1, 0.15) is 18.3 Å². The van der Waals surface area contributed by atoms with E-state index in [1.54, 1.807) is 55.6 Å². The summed E-state index contributed by atoms with van der Waals surface area (Å²) in [6.45, 7) is 7.22. The van der Waals surface area contributed by atoms with E-state index in [4.69, 9.17) is 4.74 Å². The molecule has 3 aromatic rings. The fraction of sp³-hybridized carbons (Fsp3) is 0.355.